The number of methoxy groups -OCH3 is 1. The third kappa shape index (κ3) is 3.95. The number of hydrogen-bond acceptors (Lipinski definition) is 3. The van der Waals surface area contributed by atoms with Gasteiger partial charge in [-0.25, -0.2) is 4.39 Å². The minimum Gasteiger partial charge on any atom is -0.508 e. The summed E-state index contributed by atoms with van der Waals surface area (Å²) < 4.78 is 19.2. The highest BCUT2D eigenvalue weighted by Crippen LogP contribution is 2.28. The number of rotatable bonds is 5. The maximum Gasteiger partial charge on any atom is 0.133 e. The molecule has 21 heavy (non-hydrogen) atoms. The molecule has 1 atom stereocenters. The molecular weight excluding hydrogens is 337 g/mol. The lowest BCUT2D eigenvalue weighted by Crippen LogP contribution is -2.18. The van der Waals surface area contributed by atoms with Crippen molar-refractivity contribution in [3.63, 3.8) is 0 Å². The van der Waals surface area contributed by atoms with Crippen molar-refractivity contribution in [2.45, 2.75) is 19.5 Å². The molecule has 0 aromatic heterocycles. The number of hydrogen-bond donors (Lipinski definition) is 2. The Morgan fingerprint density at radius 1 is 1.29 bits per heavy atom. The summed E-state index contributed by atoms with van der Waals surface area (Å²) >= 11 is 3.45. The number of halogens is 2. The Morgan fingerprint density at radius 2 is 2.05 bits per heavy atom. The SMILES string of the molecule is COc1ccc(C(C)NCc2cc(F)ccc2O)cc1Br. The van der Waals surface area contributed by atoms with Crippen LogP contribution < -0.4 is 10.1 Å². The molecule has 0 bridgehead atoms. The van der Waals surface area contributed by atoms with Crippen molar-refractivity contribution >= 4 is 15.9 Å². The lowest BCUT2D eigenvalue weighted by molar-refractivity contribution is 0.411. The molecule has 2 aromatic carbocycles. The molecule has 0 aliphatic heterocycles. The molecule has 112 valence electrons. The molecule has 2 aromatic rings. The molecule has 1 unspecified atom stereocenters. The van der Waals surface area contributed by atoms with Gasteiger partial charge in [0.2, 0.25) is 0 Å². The minimum atomic E-state index is -0.357. The van der Waals surface area contributed by atoms with Gasteiger partial charge in [0.15, 0.2) is 0 Å². The fraction of sp³-hybridized carbons (Fsp3) is 0.250. The van der Waals surface area contributed by atoms with Crippen LogP contribution in [0, 0.1) is 5.82 Å². The Bertz CT molecular complexity index is 634. The second kappa shape index (κ2) is 6.91. The molecule has 0 saturated carbocycles. The predicted molar refractivity (Wildman–Crippen MR) is 84.0 cm³/mol. The molecule has 0 spiro atoms. The summed E-state index contributed by atoms with van der Waals surface area (Å²) in [5, 5.41) is 13.0. The van der Waals surface area contributed by atoms with E-state index in [4.69, 9.17) is 4.74 Å². The van der Waals surface area contributed by atoms with Gasteiger partial charge in [-0.3, -0.25) is 0 Å². The lowest BCUT2D eigenvalue weighted by Gasteiger charge is -2.16. The predicted octanol–water partition coefficient (Wildman–Crippen LogP) is 4.15. The van der Waals surface area contributed by atoms with E-state index in [9.17, 15) is 9.50 Å². The molecule has 0 amide bonds. The van der Waals surface area contributed by atoms with Crippen LogP contribution in [0.15, 0.2) is 40.9 Å². The summed E-state index contributed by atoms with van der Waals surface area (Å²) in [6.07, 6.45) is 0. The van der Waals surface area contributed by atoms with Crippen LogP contribution in [0.5, 0.6) is 11.5 Å². The van der Waals surface area contributed by atoms with Crippen molar-refractivity contribution < 1.29 is 14.2 Å². The molecule has 0 fully saturated rings. The van der Waals surface area contributed by atoms with E-state index in [0.29, 0.717) is 12.1 Å². The van der Waals surface area contributed by atoms with Crippen molar-refractivity contribution in [1.29, 1.82) is 0 Å². The van der Waals surface area contributed by atoms with Crippen LogP contribution in [-0.2, 0) is 6.54 Å². The summed E-state index contributed by atoms with van der Waals surface area (Å²) in [5.41, 5.74) is 1.60. The first kappa shape index (κ1) is 15.8. The standard InChI is InChI=1S/C16H17BrFNO2/c1-10(11-3-6-16(21-2)14(17)8-11)19-9-12-7-13(18)4-5-15(12)20/h3-8,10,19-20H,9H2,1-2H3. The number of aromatic hydroxyl groups is 1. The van der Waals surface area contributed by atoms with E-state index in [1.807, 2.05) is 25.1 Å². The summed E-state index contributed by atoms with van der Waals surface area (Å²) in [6, 6.07) is 9.81. The molecule has 0 radical (unpaired) electrons. The molecular formula is C16H17BrFNO2. The van der Waals surface area contributed by atoms with E-state index >= 15 is 0 Å². The molecule has 0 saturated heterocycles. The van der Waals surface area contributed by atoms with Gasteiger partial charge in [-0.05, 0) is 58.7 Å². The van der Waals surface area contributed by atoms with Gasteiger partial charge in [0.25, 0.3) is 0 Å². The molecule has 0 heterocycles. The Hall–Kier alpha value is -1.59. The van der Waals surface area contributed by atoms with E-state index < -0.39 is 0 Å². The van der Waals surface area contributed by atoms with Crippen molar-refractivity contribution in [1.82, 2.24) is 5.32 Å². The highest BCUT2D eigenvalue weighted by atomic mass is 79.9. The maximum atomic E-state index is 13.2. The number of phenols is 1. The first-order valence-electron chi connectivity index (χ1n) is 6.55. The zero-order chi connectivity index (χ0) is 15.4. The van der Waals surface area contributed by atoms with Crippen LogP contribution in [0.3, 0.4) is 0 Å². The third-order valence-corrected chi connectivity index (χ3v) is 3.94. The molecule has 0 aliphatic rings. The minimum absolute atomic E-state index is 0.0508. The first-order chi connectivity index (χ1) is 10.0. The second-order valence-corrected chi connectivity index (χ2v) is 5.62. The van der Waals surface area contributed by atoms with E-state index in [2.05, 4.69) is 21.2 Å². The van der Waals surface area contributed by atoms with Gasteiger partial charge in [-0.2, -0.15) is 0 Å². The maximum absolute atomic E-state index is 13.2. The first-order valence-corrected chi connectivity index (χ1v) is 7.34. The van der Waals surface area contributed by atoms with Crippen LogP contribution in [0.4, 0.5) is 4.39 Å². The fourth-order valence-corrected chi connectivity index (χ4v) is 2.59. The highest BCUT2D eigenvalue weighted by Gasteiger charge is 2.10. The average molecular weight is 354 g/mol. The van der Waals surface area contributed by atoms with Crippen LogP contribution >= 0.6 is 15.9 Å². The zero-order valence-electron chi connectivity index (χ0n) is 11.9. The summed E-state index contributed by atoms with van der Waals surface area (Å²) in [6.45, 7) is 2.39. The topological polar surface area (TPSA) is 41.5 Å². The number of ether oxygens (including phenoxy) is 1. The van der Waals surface area contributed by atoms with Gasteiger partial charge in [0, 0.05) is 18.2 Å². The van der Waals surface area contributed by atoms with E-state index in [0.717, 1.165) is 15.8 Å². The van der Waals surface area contributed by atoms with Crippen LogP contribution in [0.2, 0.25) is 0 Å². The Balaban J connectivity index is 2.06. The van der Waals surface area contributed by atoms with Gasteiger partial charge < -0.3 is 15.2 Å². The zero-order valence-corrected chi connectivity index (χ0v) is 13.4. The van der Waals surface area contributed by atoms with Crippen LogP contribution in [-0.4, -0.2) is 12.2 Å². The smallest absolute Gasteiger partial charge is 0.133 e. The van der Waals surface area contributed by atoms with E-state index in [-0.39, 0.29) is 17.6 Å². The lowest BCUT2D eigenvalue weighted by atomic mass is 10.1. The van der Waals surface area contributed by atoms with Gasteiger partial charge in [-0.15, -0.1) is 0 Å². The summed E-state index contributed by atoms with van der Waals surface area (Å²) in [4.78, 5) is 0. The van der Waals surface area contributed by atoms with E-state index in [1.165, 1.54) is 18.2 Å². The third-order valence-electron chi connectivity index (χ3n) is 3.32. The average Bonchev–Trinajstić information content (AvgIpc) is 2.47. The summed E-state index contributed by atoms with van der Waals surface area (Å²) in [7, 11) is 1.62. The van der Waals surface area contributed by atoms with E-state index in [1.54, 1.807) is 7.11 Å². The number of benzene rings is 2. The molecule has 2 rings (SSSR count). The molecule has 2 N–H and O–H groups in total. The normalized spacial score (nSPS) is 12.2. The second-order valence-electron chi connectivity index (χ2n) is 4.77. The van der Waals surface area contributed by atoms with Gasteiger partial charge >= 0.3 is 0 Å². The van der Waals surface area contributed by atoms with Gasteiger partial charge in [0.05, 0.1) is 11.6 Å². The van der Waals surface area contributed by atoms with Gasteiger partial charge in [0.1, 0.15) is 17.3 Å². The monoisotopic (exact) mass is 353 g/mol. The highest BCUT2D eigenvalue weighted by molar-refractivity contribution is 9.10. The largest absolute Gasteiger partial charge is 0.508 e. The molecule has 3 nitrogen and oxygen atoms in total. The summed E-state index contributed by atoms with van der Waals surface area (Å²) in [5.74, 6) is 0.505. The quantitative estimate of drug-likeness (QED) is 0.848. The Morgan fingerprint density at radius 3 is 2.71 bits per heavy atom. The van der Waals surface area contributed by atoms with Crippen molar-refractivity contribution in [2.75, 3.05) is 7.11 Å². The van der Waals surface area contributed by atoms with Gasteiger partial charge in [-0.1, -0.05) is 6.07 Å². The van der Waals surface area contributed by atoms with Crippen LogP contribution in [0.1, 0.15) is 24.1 Å². The number of nitrogens with one attached hydrogen (secondary N) is 1. The van der Waals surface area contributed by atoms with Crippen LogP contribution in [0.25, 0.3) is 0 Å². The van der Waals surface area contributed by atoms with Crippen molar-refractivity contribution in [3.8, 4) is 11.5 Å². The Kier molecular flexibility index (Phi) is 5.20. The Labute approximate surface area is 131 Å². The molecule has 5 heteroatoms. The fourth-order valence-electron chi connectivity index (χ4n) is 2.03. The van der Waals surface area contributed by atoms with Crippen molar-refractivity contribution in [3.05, 3.63) is 57.8 Å². The number of phenolic OH excluding ortho intramolecular Hbond substituents is 1. The van der Waals surface area contributed by atoms with Crippen molar-refractivity contribution in [2.24, 2.45) is 0 Å². The molecule has 0 aliphatic carbocycles.